The number of nitrogens with zero attached hydrogens (tertiary/aromatic N) is 7. The van der Waals surface area contributed by atoms with Crippen molar-refractivity contribution in [3.8, 4) is 0 Å². The quantitative estimate of drug-likeness (QED) is 0.0361. The summed E-state index contributed by atoms with van der Waals surface area (Å²) < 4.78 is 32.3. The van der Waals surface area contributed by atoms with Gasteiger partial charge in [-0.05, 0) is 129 Å². The van der Waals surface area contributed by atoms with Gasteiger partial charge in [-0.1, -0.05) is 53.6 Å². The zero-order valence-electron chi connectivity index (χ0n) is 54.7. The van der Waals surface area contributed by atoms with Gasteiger partial charge in [0.2, 0.25) is 41.4 Å². The number of phosphoric acid groups is 1. The minimum absolute atomic E-state index is 0. The summed E-state index contributed by atoms with van der Waals surface area (Å²) in [6.07, 6.45) is -3.96. The van der Waals surface area contributed by atoms with E-state index in [1.807, 2.05) is 87.4 Å². The molecule has 0 aliphatic carbocycles. The van der Waals surface area contributed by atoms with Gasteiger partial charge < -0.3 is 97.2 Å². The Kier molecular flexibility index (Phi) is 23.5. The first-order valence-electron chi connectivity index (χ1n) is 31.1. The number of aliphatic hydroxyl groups is 2. The number of rotatable bonds is 26. The molecule has 28 nitrogen and oxygen atoms in total. The number of aryl methyl sites for hydroxylation is 2. The fourth-order valence-electron chi connectivity index (χ4n) is 16.1. The van der Waals surface area contributed by atoms with Gasteiger partial charge in [-0.2, -0.15) is 17.1 Å². The minimum atomic E-state index is -5.06. The van der Waals surface area contributed by atoms with Crippen molar-refractivity contribution >= 4 is 60.2 Å². The van der Waals surface area contributed by atoms with Crippen molar-refractivity contribution in [2.45, 2.75) is 207 Å². The Balaban J connectivity index is 0.00000453. The molecule has 1 radical (unpaired) electrons. The number of fused-ring (bicyclic) bond motifs is 10. The van der Waals surface area contributed by atoms with Crippen molar-refractivity contribution in [2.75, 3.05) is 13.2 Å². The number of phosphoric ester groups is 1. The summed E-state index contributed by atoms with van der Waals surface area (Å²) in [5.74, 6) is -6.86. The topological polar surface area (TPSA) is 491 Å². The second-order valence-corrected chi connectivity index (χ2v) is 28.9. The first kappa shape index (κ1) is 75.6. The van der Waals surface area contributed by atoms with E-state index in [1.54, 1.807) is 4.57 Å². The number of nitrogens with two attached hydrogens (primary N) is 6. The van der Waals surface area contributed by atoms with Crippen LogP contribution in [0, 0.1) is 71.0 Å². The normalized spacial score (nSPS) is 35.5. The first-order valence-corrected chi connectivity index (χ1v) is 32.6. The number of hydrogen-bond acceptors (Lipinski definition) is 14. The van der Waals surface area contributed by atoms with Gasteiger partial charge in [0.05, 0.1) is 30.1 Å². The predicted molar refractivity (Wildman–Crippen MR) is 336 cm³/mol. The van der Waals surface area contributed by atoms with Crippen LogP contribution in [0.15, 0.2) is 52.8 Å². The third-order valence-corrected chi connectivity index (χ3v) is 22.3. The second kappa shape index (κ2) is 28.9. The van der Waals surface area contributed by atoms with Crippen molar-refractivity contribution in [1.82, 2.24) is 10.3 Å². The van der Waals surface area contributed by atoms with Crippen LogP contribution in [0.1, 0.15) is 150 Å². The summed E-state index contributed by atoms with van der Waals surface area (Å²) in [5, 5.41) is 53.2. The molecule has 6 aliphatic heterocycles. The van der Waals surface area contributed by atoms with Crippen molar-refractivity contribution in [3.63, 3.8) is 0 Å². The number of amides is 7. The first-order chi connectivity index (χ1) is 42.8. The van der Waals surface area contributed by atoms with Gasteiger partial charge in [-0.25, -0.2) is 9.55 Å². The molecule has 6 aliphatic rings. The van der Waals surface area contributed by atoms with E-state index in [4.69, 9.17) is 81.3 Å². The van der Waals surface area contributed by atoms with Crippen LogP contribution in [0.5, 0.6) is 0 Å². The van der Waals surface area contributed by atoms with E-state index >= 15 is 0 Å². The summed E-state index contributed by atoms with van der Waals surface area (Å²) in [4.78, 5) is 109. The molecule has 1 aromatic heterocycles. The standard InChI is InChI=1S/C62H92N13O14P.CN.Co/c1-29-20-39-40(21-30(29)2)75(28-70-39)57-52(84)53(41(27-76)87-57)89-90(85,86)88-31(3)26-69-49(83)18-19-59(8)37(22-46(66)80)56-62(11)61(10,25-48(68)82)36(14-17-45(65)79)51(74-62)33(5)55-60(9,24-47(67)81)34(12-15-43(63)77)38(71-55)23-42-58(6,7)35(13-16-44(64)78)50(72-42)32(4)54(59)73-56;1-2;/h20-21,23,28,31,34-38,41,50-53,56-57,76,84H,12-19,22,24-27H2,1-11H3,(H14,63,64,65,66,67,68,69,77,78,79,80,81,82,83,85,86);;/q-4;-1;/b42-23-,54-32-,55-33-;;/t31-,34-,35-,36-,37+,38?,41-,50?,51?,52-,53-,56-,57+,59-,60+,61+,62+;;/m1../s1. The molecule has 0 saturated carbocycles. The van der Waals surface area contributed by atoms with E-state index in [0.29, 0.717) is 39.3 Å². The number of primary amides is 6. The van der Waals surface area contributed by atoms with Crippen molar-refractivity contribution in [1.29, 1.82) is 5.26 Å². The minimum Gasteiger partial charge on any atom is -0.685 e. The molecule has 7 amide bonds. The van der Waals surface area contributed by atoms with Gasteiger partial charge in [0.25, 0.3) is 0 Å². The van der Waals surface area contributed by atoms with Gasteiger partial charge in [0.1, 0.15) is 18.3 Å². The molecule has 0 spiro atoms. The maximum absolute atomic E-state index is 14.4. The van der Waals surface area contributed by atoms with Gasteiger partial charge in [-0.3, -0.25) is 42.6 Å². The number of ether oxygens (including phenoxy) is 1. The Morgan fingerprint density at radius 3 is 1.88 bits per heavy atom. The van der Waals surface area contributed by atoms with Crippen molar-refractivity contribution in [3.05, 3.63) is 91.7 Å². The average Bonchev–Trinajstić information content (AvgIpc) is 1.53. The van der Waals surface area contributed by atoms with Crippen LogP contribution in [0.2, 0.25) is 0 Å². The number of nitrogens with one attached hydrogen (secondary N) is 1. The van der Waals surface area contributed by atoms with E-state index in [2.05, 4.69) is 10.3 Å². The molecule has 7 heterocycles. The Hall–Kier alpha value is -6.45. The van der Waals surface area contributed by atoms with Gasteiger partial charge >= 0.3 is 7.82 Å². The van der Waals surface area contributed by atoms with Crippen LogP contribution < -0.4 is 49.3 Å². The Morgan fingerprint density at radius 2 is 1.31 bits per heavy atom. The zero-order valence-corrected chi connectivity index (χ0v) is 56.7. The molecule has 517 valence electrons. The molecule has 5 saturated heterocycles. The number of carbonyl (C=O) groups is 7. The van der Waals surface area contributed by atoms with Gasteiger partial charge in [0, 0.05) is 68.3 Å². The van der Waals surface area contributed by atoms with Crippen LogP contribution in [-0.2, 0) is 68.7 Å². The number of hydrogen-bond donors (Lipinski definition) is 10. The summed E-state index contributed by atoms with van der Waals surface area (Å²) in [6, 6.07) is 0.417. The maximum atomic E-state index is 14.4. The molecule has 4 unspecified atom stereocenters. The number of benzene rings is 1. The number of allylic oxidation sites excluding steroid dienone is 3. The van der Waals surface area contributed by atoms with E-state index in [0.717, 1.165) is 11.1 Å². The van der Waals surface area contributed by atoms with Gasteiger partial charge in [-0.15, -0.1) is 34.8 Å². The summed E-state index contributed by atoms with van der Waals surface area (Å²) in [5.41, 5.74) is 36.2. The fourth-order valence-corrected chi connectivity index (χ4v) is 17.3. The predicted octanol–water partition coefficient (Wildman–Crippen LogP) is 3.99. The molecule has 93 heavy (non-hydrogen) atoms. The monoisotopic (exact) mass is 1360 g/mol. The molecule has 16 N–H and O–H groups in total. The number of aromatic nitrogens is 2. The molecule has 1 aromatic carbocycles. The van der Waals surface area contributed by atoms with Crippen LogP contribution >= 0.6 is 7.82 Å². The molecular weight excluding hydrogens is 1270 g/mol. The molecular formula is C63H92CoN14O14P-5. The maximum Gasteiger partial charge on any atom is 0.472 e. The van der Waals surface area contributed by atoms with Crippen LogP contribution in [-0.4, -0.2) is 124 Å². The van der Waals surface area contributed by atoms with Crippen molar-refractivity contribution in [2.24, 2.45) is 79.7 Å². The van der Waals surface area contributed by atoms with Crippen LogP contribution in [0.25, 0.3) is 32.3 Å². The van der Waals surface area contributed by atoms with Crippen LogP contribution in [0.4, 0.5) is 0 Å². The van der Waals surface area contributed by atoms with E-state index in [-0.39, 0.29) is 94.0 Å². The smallest absolute Gasteiger partial charge is 0.472 e. The molecule has 5 fully saturated rings. The van der Waals surface area contributed by atoms with E-state index < -0.39 is 161 Å². The van der Waals surface area contributed by atoms with Crippen LogP contribution in [0.3, 0.4) is 0 Å². The third kappa shape index (κ3) is 14.8. The average molecular weight is 1360 g/mol. The Labute approximate surface area is 553 Å². The second-order valence-electron chi connectivity index (χ2n) is 27.5. The summed E-state index contributed by atoms with van der Waals surface area (Å²) in [7, 11) is -5.06. The van der Waals surface area contributed by atoms with E-state index in [9.17, 15) is 53.2 Å². The molecule has 18 atom stereocenters. The molecule has 8 rings (SSSR count). The summed E-state index contributed by atoms with van der Waals surface area (Å²) in [6.45, 7) is 24.2. The molecule has 8 bridgehead atoms. The number of imidazole rings is 1. The summed E-state index contributed by atoms with van der Waals surface area (Å²) >= 11 is 0. The number of aliphatic hydroxyl groups excluding tert-OH is 2. The molecule has 2 aromatic rings. The SMILES string of the molecule is C/C1=C2/[N-][C@H]([C@H](CC(N)=O)[C@@]2(C)CCC(=O)NC[C@@H](C)OP(=O)(O)O[C@H]2[C@@H](O)[C@@H]([n+]3c[n-]c4cc(C)c(C)cc43)O[C@@H]2CO)[C@]2(C)[N-]C(/C(C)=C3\[N-]C(/C=C4\[N-]C1[C@@H](CCC(N)=O)C4(C)C)[C@@H](CCC(N)=O)[C@]3(C)CC(N)=O)[C@@H](CCC(N)=O)[C@]2(C)CC(N)=O.[C-]#N.[Co]. The third-order valence-electron chi connectivity index (χ3n) is 21.2. The number of carbonyl (C=O) groups excluding carboxylic acids is 7. The van der Waals surface area contributed by atoms with E-state index in [1.165, 1.54) is 13.3 Å². The van der Waals surface area contributed by atoms with Crippen molar-refractivity contribution < 1.29 is 88.4 Å². The molecule has 30 heteroatoms. The Bertz CT molecular complexity index is 3390. The van der Waals surface area contributed by atoms with Gasteiger partial charge in [0.15, 0.2) is 6.23 Å². The fraction of sp³-hybridized carbons (Fsp3) is 0.667. The largest absolute Gasteiger partial charge is 0.685 e. The Morgan fingerprint density at radius 1 is 0.753 bits per heavy atom. The zero-order chi connectivity index (χ0) is 68.7.